The summed E-state index contributed by atoms with van der Waals surface area (Å²) in [6.45, 7) is 4.79. The van der Waals surface area contributed by atoms with E-state index in [2.05, 4.69) is 44.3 Å². The van der Waals surface area contributed by atoms with Crippen molar-refractivity contribution in [3.05, 3.63) is 29.5 Å². The summed E-state index contributed by atoms with van der Waals surface area (Å²) < 4.78 is 6.49. The number of nitrogens with zero attached hydrogens (tertiary/aromatic N) is 6. The van der Waals surface area contributed by atoms with Crippen LogP contribution >= 0.6 is 0 Å². The van der Waals surface area contributed by atoms with Crippen molar-refractivity contribution in [2.45, 2.75) is 82.5 Å². The van der Waals surface area contributed by atoms with E-state index in [0.29, 0.717) is 29.7 Å². The van der Waals surface area contributed by atoms with Gasteiger partial charge in [-0.3, -0.25) is 9.59 Å². The van der Waals surface area contributed by atoms with Crippen LogP contribution in [0.25, 0.3) is 0 Å². The second-order valence-corrected chi connectivity index (χ2v) is 12.9. The summed E-state index contributed by atoms with van der Waals surface area (Å²) in [6.07, 6.45) is 9.45. The molecular formula is C32H46N8O3. The molecule has 11 nitrogen and oxygen atoms in total. The van der Waals surface area contributed by atoms with E-state index in [1.54, 1.807) is 11.1 Å². The fourth-order valence-corrected chi connectivity index (χ4v) is 7.20. The Bertz CT molecular complexity index is 1350. The van der Waals surface area contributed by atoms with Gasteiger partial charge in [0.05, 0.1) is 11.9 Å². The number of hydrogen-bond acceptors (Lipinski definition) is 9. The Labute approximate surface area is 255 Å². The van der Waals surface area contributed by atoms with Gasteiger partial charge in [-0.2, -0.15) is 4.98 Å². The standard InChI is InChI=1S/C32H46N8O3/c1-6-26-31(42)39(5)27-18-33-32(36-29(27)40(26)21-9-7-8-10-21)35-25-12-11-23(24-17-22(19-37(2)3)43-28(24)25)30(41)34-20-13-15-38(4)16-14-20/h11-12,18,20-22,26H,6-10,13-17,19H2,1-5H3,(H,34,41)(H,33,35,36). The molecule has 2 N–H and O–H groups in total. The molecule has 0 radical (unpaired) electrons. The van der Waals surface area contributed by atoms with Gasteiger partial charge in [-0.05, 0) is 78.5 Å². The Morgan fingerprint density at radius 1 is 1.12 bits per heavy atom. The number of fused-ring (bicyclic) bond motifs is 2. The number of hydrogen-bond donors (Lipinski definition) is 2. The average Bonchev–Trinajstić information content (AvgIpc) is 3.66. The van der Waals surface area contributed by atoms with Crippen molar-refractivity contribution in [2.75, 3.05) is 62.9 Å². The predicted octanol–water partition coefficient (Wildman–Crippen LogP) is 3.41. The number of likely N-dealkylation sites (N-methyl/N-ethyl adjacent to an activating group) is 2. The maximum atomic E-state index is 13.5. The summed E-state index contributed by atoms with van der Waals surface area (Å²) in [5, 5.41) is 6.70. The molecule has 2 unspecified atom stereocenters. The van der Waals surface area contributed by atoms with Crippen LogP contribution in [0, 0.1) is 0 Å². The molecule has 2 atom stereocenters. The topological polar surface area (TPSA) is 106 Å². The monoisotopic (exact) mass is 590 g/mol. The molecule has 232 valence electrons. The predicted molar refractivity (Wildman–Crippen MR) is 169 cm³/mol. The zero-order valence-electron chi connectivity index (χ0n) is 26.2. The fraction of sp³-hybridized carbons (Fsp3) is 0.625. The van der Waals surface area contributed by atoms with Crippen LogP contribution in [0.3, 0.4) is 0 Å². The molecule has 2 fully saturated rings. The summed E-state index contributed by atoms with van der Waals surface area (Å²) in [5.41, 5.74) is 3.07. The number of amides is 2. The molecule has 1 aromatic heterocycles. The Morgan fingerprint density at radius 2 is 1.86 bits per heavy atom. The van der Waals surface area contributed by atoms with Crippen molar-refractivity contribution in [3.63, 3.8) is 0 Å². The molecule has 1 aromatic carbocycles. The number of anilines is 4. The molecule has 43 heavy (non-hydrogen) atoms. The summed E-state index contributed by atoms with van der Waals surface area (Å²) >= 11 is 0. The van der Waals surface area contributed by atoms with Crippen LogP contribution in [-0.4, -0.2) is 104 Å². The molecule has 6 rings (SSSR count). The van der Waals surface area contributed by atoms with E-state index in [4.69, 9.17) is 9.72 Å². The zero-order chi connectivity index (χ0) is 30.2. The quantitative estimate of drug-likeness (QED) is 0.479. The Morgan fingerprint density at radius 3 is 2.56 bits per heavy atom. The van der Waals surface area contributed by atoms with Gasteiger partial charge in [-0.1, -0.05) is 19.8 Å². The highest BCUT2D eigenvalue weighted by molar-refractivity contribution is 6.04. The number of aromatic nitrogens is 2. The van der Waals surface area contributed by atoms with Crippen molar-refractivity contribution in [2.24, 2.45) is 0 Å². The molecule has 2 aromatic rings. The number of nitrogens with one attached hydrogen (secondary N) is 2. The number of piperidine rings is 1. The van der Waals surface area contributed by atoms with E-state index in [1.165, 1.54) is 12.8 Å². The minimum atomic E-state index is -0.231. The van der Waals surface area contributed by atoms with E-state index in [1.807, 2.05) is 33.3 Å². The number of ether oxygens (including phenoxy) is 1. The lowest BCUT2D eigenvalue weighted by Crippen LogP contribution is -2.55. The SMILES string of the molecule is CCC1C(=O)N(C)c2cnc(Nc3ccc(C(=O)NC4CCN(C)CC4)c4c3OC(CN(C)C)C4)nc2N1C1CCCC1. The lowest BCUT2D eigenvalue weighted by atomic mass is 9.99. The fourth-order valence-electron chi connectivity index (χ4n) is 7.20. The van der Waals surface area contributed by atoms with Crippen LogP contribution in [0.5, 0.6) is 5.75 Å². The minimum Gasteiger partial charge on any atom is -0.486 e. The van der Waals surface area contributed by atoms with Crippen LogP contribution < -0.4 is 25.2 Å². The molecule has 1 saturated heterocycles. The Kier molecular flexibility index (Phi) is 8.46. The average molecular weight is 591 g/mol. The first-order valence-electron chi connectivity index (χ1n) is 15.9. The lowest BCUT2D eigenvalue weighted by Gasteiger charge is -2.43. The van der Waals surface area contributed by atoms with E-state index in [0.717, 1.165) is 74.5 Å². The Hall–Kier alpha value is -3.44. The summed E-state index contributed by atoms with van der Waals surface area (Å²) in [5.74, 6) is 2.00. The molecule has 11 heteroatoms. The third-order valence-electron chi connectivity index (χ3n) is 9.50. The molecule has 4 heterocycles. The highest BCUT2D eigenvalue weighted by Crippen LogP contribution is 2.42. The van der Waals surface area contributed by atoms with E-state index in [9.17, 15) is 9.59 Å². The lowest BCUT2D eigenvalue weighted by molar-refractivity contribution is -0.120. The third-order valence-corrected chi connectivity index (χ3v) is 9.50. The van der Waals surface area contributed by atoms with Crippen molar-refractivity contribution in [1.82, 2.24) is 25.1 Å². The van der Waals surface area contributed by atoms with Crippen molar-refractivity contribution in [1.29, 1.82) is 0 Å². The summed E-state index contributed by atoms with van der Waals surface area (Å²) in [6, 6.07) is 4.05. The molecule has 0 spiro atoms. The highest BCUT2D eigenvalue weighted by atomic mass is 16.5. The van der Waals surface area contributed by atoms with Crippen LogP contribution in [-0.2, 0) is 11.2 Å². The van der Waals surface area contributed by atoms with Gasteiger partial charge in [0.15, 0.2) is 5.82 Å². The maximum Gasteiger partial charge on any atom is 0.251 e. The van der Waals surface area contributed by atoms with Crippen LogP contribution in [0.4, 0.5) is 23.1 Å². The first kappa shape index (κ1) is 29.6. The van der Waals surface area contributed by atoms with Crippen molar-refractivity contribution in [3.8, 4) is 5.75 Å². The second-order valence-electron chi connectivity index (χ2n) is 12.9. The summed E-state index contributed by atoms with van der Waals surface area (Å²) in [4.78, 5) is 44.8. The zero-order valence-corrected chi connectivity index (χ0v) is 26.2. The van der Waals surface area contributed by atoms with Crippen molar-refractivity contribution < 1.29 is 14.3 Å². The Balaban J connectivity index is 1.30. The van der Waals surface area contributed by atoms with Gasteiger partial charge in [0.2, 0.25) is 11.9 Å². The number of likely N-dealkylation sites (tertiary alicyclic amines) is 1. The van der Waals surface area contributed by atoms with E-state index in [-0.39, 0.29) is 30.0 Å². The maximum absolute atomic E-state index is 13.5. The molecule has 3 aliphatic heterocycles. The van der Waals surface area contributed by atoms with Gasteiger partial charge < -0.3 is 35.0 Å². The van der Waals surface area contributed by atoms with Gasteiger partial charge in [0, 0.05) is 43.2 Å². The molecular weight excluding hydrogens is 544 g/mol. The number of carbonyl (C=O) groups is 2. The van der Waals surface area contributed by atoms with Gasteiger partial charge >= 0.3 is 0 Å². The van der Waals surface area contributed by atoms with Gasteiger partial charge in [0.1, 0.15) is 23.6 Å². The summed E-state index contributed by atoms with van der Waals surface area (Å²) in [7, 11) is 7.99. The van der Waals surface area contributed by atoms with Gasteiger partial charge in [0.25, 0.3) is 5.91 Å². The smallest absolute Gasteiger partial charge is 0.251 e. The second kappa shape index (κ2) is 12.3. The van der Waals surface area contributed by atoms with Crippen molar-refractivity contribution >= 4 is 35.0 Å². The molecule has 4 aliphatic rings. The molecule has 2 amide bonds. The first-order valence-corrected chi connectivity index (χ1v) is 15.9. The van der Waals surface area contributed by atoms with Crippen LogP contribution in [0.1, 0.15) is 67.8 Å². The normalized spacial score (nSPS) is 23.0. The number of rotatable bonds is 8. The van der Waals surface area contributed by atoms with Crippen LogP contribution in [0.2, 0.25) is 0 Å². The highest BCUT2D eigenvalue weighted by Gasteiger charge is 2.41. The minimum absolute atomic E-state index is 0.0398. The van der Waals surface area contributed by atoms with E-state index < -0.39 is 0 Å². The number of benzene rings is 1. The largest absolute Gasteiger partial charge is 0.486 e. The van der Waals surface area contributed by atoms with E-state index >= 15 is 0 Å². The van der Waals surface area contributed by atoms with Gasteiger partial charge in [-0.15, -0.1) is 0 Å². The first-order chi connectivity index (χ1) is 20.7. The molecule has 1 aliphatic carbocycles. The third kappa shape index (κ3) is 5.89. The number of carbonyl (C=O) groups excluding carboxylic acids is 2. The van der Waals surface area contributed by atoms with Crippen LogP contribution in [0.15, 0.2) is 18.3 Å². The molecule has 0 bridgehead atoms. The van der Waals surface area contributed by atoms with Gasteiger partial charge in [-0.25, -0.2) is 4.98 Å². The molecule has 1 saturated carbocycles.